The summed E-state index contributed by atoms with van der Waals surface area (Å²) in [6.45, 7) is 7.90. The van der Waals surface area contributed by atoms with Gasteiger partial charge in [0.25, 0.3) is 5.91 Å². The van der Waals surface area contributed by atoms with Gasteiger partial charge >= 0.3 is 0 Å². The normalized spacial score (nSPS) is 15.3. The molecule has 0 unspecified atom stereocenters. The molecular formula is C14H22ClN7OS. The van der Waals surface area contributed by atoms with Crippen molar-refractivity contribution in [1.82, 2.24) is 30.5 Å². The number of carbonyl (C=O) groups is 1. The van der Waals surface area contributed by atoms with E-state index in [0.717, 1.165) is 36.6 Å². The summed E-state index contributed by atoms with van der Waals surface area (Å²) in [5.74, 6) is 0.00909. The van der Waals surface area contributed by atoms with Gasteiger partial charge in [-0.15, -0.1) is 27.7 Å². The minimum absolute atomic E-state index is 0. The number of hydrogen-bond donors (Lipinski definition) is 2. The molecule has 1 aliphatic rings. The summed E-state index contributed by atoms with van der Waals surface area (Å²) in [6.07, 6.45) is 2.00. The Morgan fingerprint density at radius 1 is 1.29 bits per heavy atom. The molecule has 24 heavy (non-hydrogen) atoms. The molecule has 0 spiro atoms. The molecule has 0 saturated carbocycles. The number of piperidine rings is 1. The van der Waals surface area contributed by atoms with Crippen molar-refractivity contribution in [2.24, 2.45) is 0 Å². The van der Waals surface area contributed by atoms with Crippen LogP contribution in [-0.4, -0.2) is 44.2 Å². The molecule has 1 fully saturated rings. The molecule has 0 bridgehead atoms. The summed E-state index contributed by atoms with van der Waals surface area (Å²) >= 11 is 1.39. The number of carbonyl (C=O) groups excluding carboxylic acids is 1. The second-order valence-corrected chi connectivity index (χ2v) is 7.01. The minimum Gasteiger partial charge on any atom is -0.317 e. The maximum atomic E-state index is 12.4. The monoisotopic (exact) mass is 371 g/mol. The smallest absolute Gasteiger partial charge is 0.279 e. The predicted molar refractivity (Wildman–Crippen MR) is 95.1 cm³/mol. The lowest BCUT2D eigenvalue weighted by Gasteiger charge is -2.23. The molecular weight excluding hydrogens is 350 g/mol. The maximum Gasteiger partial charge on any atom is 0.279 e. The van der Waals surface area contributed by atoms with Crippen molar-refractivity contribution >= 4 is 34.8 Å². The summed E-state index contributed by atoms with van der Waals surface area (Å²) in [5, 5.41) is 23.8. The predicted octanol–water partition coefficient (Wildman–Crippen LogP) is 2.16. The van der Waals surface area contributed by atoms with Gasteiger partial charge in [-0.25, -0.2) is 4.68 Å². The zero-order valence-electron chi connectivity index (χ0n) is 13.9. The molecule has 1 aliphatic heterocycles. The molecule has 0 aliphatic carbocycles. The van der Waals surface area contributed by atoms with Crippen LogP contribution in [0.5, 0.6) is 0 Å². The van der Waals surface area contributed by atoms with E-state index in [0.29, 0.717) is 22.8 Å². The molecule has 2 aromatic rings. The van der Waals surface area contributed by atoms with E-state index in [1.54, 1.807) is 0 Å². The molecule has 3 heterocycles. The highest BCUT2D eigenvalue weighted by Crippen LogP contribution is 2.24. The van der Waals surface area contributed by atoms with Gasteiger partial charge in [-0.1, -0.05) is 30.4 Å². The van der Waals surface area contributed by atoms with Gasteiger partial charge in [0.15, 0.2) is 5.69 Å². The number of anilines is 1. The first kappa shape index (κ1) is 18.8. The van der Waals surface area contributed by atoms with Gasteiger partial charge < -0.3 is 5.32 Å². The van der Waals surface area contributed by atoms with Crippen LogP contribution in [0, 0.1) is 6.92 Å². The first-order chi connectivity index (χ1) is 11.1. The fourth-order valence-corrected chi connectivity index (χ4v) is 3.36. The highest BCUT2D eigenvalue weighted by atomic mass is 35.5. The number of rotatable bonds is 4. The van der Waals surface area contributed by atoms with Crippen molar-refractivity contribution in [2.45, 2.75) is 45.6 Å². The number of aromatic nitrogens is 5. The molecule has 2 aromatic heterocycles. The quantitative estimate of drug-likeness (QED) is 0.854. The zero-order valence-corrected chi connectivity index (χ0v) is 15.6. The van der Waals surface area contributed by atoms with Gasteiger partial charge in [0.2, 0.25) is 5.13 Å². The van der Waals surface area contributed by atoms with Crippen LogP contribution in [0.15, 0.2) is 0 Å². The molecule has 0 radical (unpaired) electrons. The van der Waals surface area contributed by atoms with E-state index < -0.39 is 0 Å². The van der Waals surface area contributed by atoms with Crippen molar-refractivity contribution in [3.05, 3.63) is 16.4 Å². The third kappa shape index (κ3) is 3.90. The first-order valence-corrected chi connectivity index (χ1v) is 8.65. The van der Waals surface area contributed by atoms with Crippen LogP contribution in [0.3, 0.4) is 0 Å². The summed E-state index contributed by atoms with van der Waals surface area (Å²) < 4.78 is 1.87. The van der Waals surface area contributed by atoms with Crippen molar-refractivity contribution < 1.29 is 4.79 Å². The number of halogens is 1. The van der Waals surface area contributed by atoms with E-state index in [4.69, 9.17) is 0 Å². The van der Waals surface area contributed by atoms with Crippen molar-refractivity contribution in [1.29, 1.82) is 0 Å². The summed E-state index contributed by atoms with van der Waals surface area (Å²) in [6, 6.07) is 0.305. The highest BCUT2D eigenvalue weighted by Gasteiger charge is 2.23. The van der Waals surface area contributed by atoms with E-state index >= 15 is 0 Å². The lowest BCUT2D eigenvalue weighted by molar-refractivity contribution is 0.102. The van der Waals surface area contributed by atoms with Gasteiger partial charge in [0.1, 0.15) is 5.01 Å². The molecule has 3 rings (SSSR count). The van der Waals surface area contributed by atoms with Crippen LogP contribution in [0.1, 0.15) is 59.8 Å². The van der Waals surface area contributed by atoms with Gasteiger partial charge in [-0.05, 0) is 32.9 Å². The third-order valence-electron chi connectivity index (χ3n) is 3.95. The Labute approximate surface area is 150 Å². The van der Waals surface area contributed by atoms with Crippen molar-refractivity contribution in [2.75, 3.05) is 18.4 Å². The third-order valence-corrected chi connectivity index (χ3v) is 5.09. The lowest BCUT2D eigenvalue weighted by atomic mass is 10.1. The highest BCUT2D eigenvalue weighted by molar-refractivity contribution is 7.15. The minimum atomic E-state index is -0.283. The second kappa shape index (κ2) is 8.00. The molecule has 2 N–H and O–H groups in total. The Bertz CT molecular complexity index is 693. The fourth-order valence-electron chi connectivity index (χ4n) is 2.62. The Morgan fingerprint density at radius 2 is 2.00 bits per heavy atom. The largest absolute Gasteiger partial charge is 0.317 e. The topological polar surface area (TPSA) is 97.6 Å². The number of amides is 1. The first-order valence-electron chi connectivity index (χ1n) is 7.83. The molecule has 8 nitrogen and oxygen atoms in total. The molecule has 0 atom stereocenters. The number of hydrogen-bond acceptors (Lipinski definition) is 7. The number of nitrogens with zero attached hydrogens (tertiary/aromatic N) is 5. The molecule has 1 saturated heterocycles. The van der Waals surface area contributed by atoms with E-state index in [2.05, 4.69) is 31.1 Å². The average molecular weight is 372 g/mol. The van der Waals surface area contributed by atoms with Crippen LogP contribution >= 0.6 is 23.7 Å². The molecule has 132 valence electrons. The maximum absolute atomic E-state index is 12.4. The Morgan fingerprint density at radius 3 is 2.62 bits per heavy atom. The molecule has 1 amide bonds. The fraction of sp³-hybridized carbons (Fsp3) is 0.643. The second-order valence-electron chi connectivity index (χ2n) is 6.00. The van der Waals surface area contributed by atoms with Crippen molar-refractivity contribution in [3.8, 4) is 0 Å². The van der Waals surface area contributed by atoms with Crippen LogP contribution in [0.2, 0.25) is 0 Å². The summed E-state index contributed by atoms with van der Waals surface area (Å²) in [4.78, 5) is 12.4. The average Bonchev–Trinajstić information content (AvgIpc) is 3.15. The Kier molecular flexibility index (Phi) is 6.25. The molecule has 10 heteroatoms. The SMILES string of the molecule is Cc1c(C(=O)Nc2nnc(C(C)C)s2)nnn1C1CCNCC1.Cl. The van der Waals surface area contributed by atoms with Crippen LogP contribution < -0.4 is 10.6 Å². The van der Waals surface area contributed by atoms with Crippen LogP contribution in [-0.2, 0) is 0 Å². The van der Waals surface area contributed by atoms with E-state index in [1.165, 1.54) is 11.3 Å². The van der Waals surface area contributed by atoms with Crippen molar-refractivity contribution in [3.63, 3.8) is 0 Å². The van der Waals surface area contributed by atoms with E-state index in [9.17, 15) is 4.79 Å². The Hall–Kier alpha value is -1.58. The van der Waals surface area contributed by atoms with Gasteiger partial charge in [0, 0.05) is 5.92 Å². The molecule has 0 aromatic carbocycles. The summed E-state index contributed by atoms with van der Waals surface area (Å²) in [5.41, 5.74) is 1.15. The van der Waals surface area contributed by atoms with Gasteiger partial charge in [0.05, 0.1) is 11.7 Å². The van der Waals surface area contributed by atoms with Crippen LogP contribution in [0.25, 0.3) is 0 Å². The number of nitrogens with one attached hydrogen (secondary N) is 2. The van der Waals surface area contributed by atoms with E-state index in [-0.39, 0.29) is 18.3 Å². The van der Waals surface area contributed by atoms with Gasteiger partial charge in [-0.2, -0.15) is 0 Å². The van der Waals surface area contributed by atoms with Gasteiger partial charge in [-0.3, -0.25) is 10.1 Å². The Balaban J connectivity index is 0.00000208. The van der Waals surface area contributed by atoms with Crippen LogP contribution in [0.4, 0.5) is 5.13 Å². The lowest BCUT2D eigenvalue weighted by Crippen LogP contribution is -2.30. The standard InChI is InChI=1S/C14H21N7OS.ClH/c1-8(2)13-18-19-14(23-13)16-12(22)11-9(3)21(20-17-11)10-4-6-15-7-5-10;/h8,10,15H,4-7H2,1-3H3,(H,16,19,22);1H. The summed E-state index contributed by atoms with van der Waals surface area (Å²) in [7, 11) is 0. The van der Waals surface area contributed by atoms with E-state index in [1.807, 2.05) is 25.5 Å². The zero-order chi connectivity index (χ0) is 16.4.